The molecular formula is C11H15BrN2O3S. The van der Waals surface area contributed by atoms with Crippen molar-refractivity contribution in [3.05, 3.63) is 37.2 Å². The predicted molar refractivity (Wildman–Crippen MR) is 77.4 cm³/mol. The third-order valence-electron chi connectivity index (χ3n) is 2.54. The number of halogens is 1. The first-order valence-electron chi connectivity index (χ1n) is 5.71. The molecule has 0 aliphatic rings. The van der Waals surface area contributed by atoms with Gasteiger partial charge in [-0.25, -0.2) is 0 Å². The SMILES string of the molecule is O=c1c([N+](=O)[O-])cc(Br)cn1CCCCCCS. The molecular weight excluding hydrogens is 320 g/mol. The van der Waals surface area contributed by atoms with Crippen LogP contribution in [0.15, 0.2) is 21.5 Å². The van der Waals surface area contributed by atoms with Crippen molar-refractivity contribution >= 4 is 34.2 Å². The molecule has 0 aliphatic carbocycles. The fourth-order valence-electron chi connectivity index (χ4n) is 1.63. The molecule has 0 aromatic carbocycles. The maximum Gasteiger partial charge on any atom is 0.335 e. The Morgan fingerprint density at radius 3 is 2.61 bits per heavy atom. The van der Waals surface area contributed by atoms with E-state index in [1.165, 1.54) is 10.6 Å². The molecule has 0 radical (unpaired) electrons. The van der Waals surface area contributed by atoms with Gasteiger partial charge in [-0.3, -0.25) is 14.9 Å². The van der Waals surface area contributed by atoms with Crippen molar-refractivity contribution in [2.24, 2.45) is 0 Å². The van der Waals surface area contributed by atoms with E-state index in [0.29, 0.717) is 11.0 Å². The lowest BCUT2D eigenvalue weighted by molar-refractivity contribution is -0.386. The largest absolute Gasteiger partial charge is 0.335 e. The van der Waals surface area contributed by atoms with Crippen LogP contribution in [0.3, 0.4) is 0 Å². The highest BCUT2D eigenvalue weighted by atomic mass is 79.9. The number of rotatable bonds is 7. The topological polar surface area (TPSA) is 65.1 Å². The van der Waals surface area contributed by atoms with Crippen molar-refractivity contribution in [1.82, 2.24) is 4.57 Å². The summed E-state index contributed by atoms with van der Waals surface area (Å²) in [4.78, 5) is 21.8. The highest BCUT2D eigenvalue weighted by Crippen LogP contribution is 2.14. The molecule has 5 nitrogen and oxygen atoms in total. The Morgan fingerprint density at radius 2 is 2.00 bits per heavy atom. The van der Waals surface area contributed by atoms with E-state index in [0.717, 1.165) is 31.4 Å². The molecule has 1 aromatic heterocycles. The van der Waals surface area contributed by atoms with Gasteiger partial charge in [0.1, 0.15) is 0 Å². The van der Waals surface area contributed by atoms with E-state index in [2.05, 4.69) is 28.6 Å². The monoisotopic (exact) mass is 334 g/mol. The highest BCUT2D eigenvalue weighted by Gasteiger charge is 2.15. The van der Waals surface area contributed by atoms with Crippen molar-refractivity contribution < 1.29 is 4.92 Å². The van der Waals surface area contributed by atoms with Gasteiger partial charge in [-0.05, 0) is 34.5 Å². The van der Waals surface area contributed by atoms with E-state index in [4.69, 9.17) is 0 Å². The normalized spacial score (nSPS) is 10.6. The smallest absolute Gasteiger partial charge is 0.309 e. The summed E-state index contributed by atoms with van der Waals surface area (Å²) in [6.45, 7) is 0.506. The second-order valence-electron chi connectivity index (χ2n) is 3.94. The van der Waals surface area contributed by atoms with Gasteiger partial charge in [0.2, 0.25) is 0 Å². The van der Waals surface area contributed by atoms with E-state index in [1.54, 1.807) is 6.20 Å². The first-order valence-corrected chi connectivity index (χ1v) is 7.14. The predicted octanol–water partition coefficient (Wildman–Crippen LogP) is 3.01. The molecule has 18 heavy (non-hydrogen) atoms. The number of aromatic nitrogens is 1. The Morgan fingerprint density at radius 1 is 1.33 bits per heavy atom. The summed E-state index contributed by atoms with van der Waals surface area (Å²) in [5.41, 5.74) is -0.933. The second-order valence-corrected chi connectivity index (χ2v) is 5.30. The maximum absolute atomic E-state index is 11.8. The van der Waals surface area contributed by atoms with Crippen molar-refractivity contribution in [2.45, 2.75) is 32.2 Å². The molecule has 7 heteroatoms. The van der Waals surface area contributed by atoms with Crippen LogP contribution in [-0.4, -0.2) is 15.2 Å². The molecule has 1 aromatic rings. The lowest BCUT2D eigenvalue weighted by atomic mass is 10.2. The summed E-state index contributed by atoms with van der Waals surface area (Å²) in [6.07, 6.45) is 5.54. The molecule has 0 aliphatic heterocycles. The van der Waals surface area contributed by atoms with Crippen molar-refractivity contribution in [3.63, 3.8) is 0 Å². The van der Waals surface area contributed by atoms with E-state index < -0.39 is 10.5 Å². The highest BCUT2D eigenvalue weighted by molar-refractivity contribution is 9.10. The van der Waals surface area contributed by atoms with Crippen LogP contribution < -0.4 is 5.56 Å². The molecule has 0 N–H and O–H groups in total. The third kappa shape index (κ3) is 4.45. The van der Waals surface area contributed by atoms with E-state index >= 15 is 0 Å². The zero-order valence-corrected chi connectivity index (χ0v) is 12.3. The Kier molecular flexibility index (Phi) is 6.42. The number of hydrogen-bond donors (Lipinski definition) is 1. The Hall–Kier alpha value is -0.820. The van der Waals surface area contributed by atoms with E-state index in [9.17, 15) is 14.9 Å². The summed E-state index contributed by atoms with van der Waals surface area (Å²) in [7, 11) is 0. The fourth-order valence-corrected chi connectivity index (χ4v) is 2.32. The minimum Gasteiger partial charge on any atom is -0.309 e. The minimum absolute atomic E-state index is 0.389. The summed E-state index contributed by atoms with van der Waals surface area (Å²) in [5, 5.41) is 10.7. The Balaban J connectivity index is 2.71. The summed E-state index contributed by atoms with van der Waals surface area (Å²) in [6, 6.07) is 1.24. The quantitative estimate of drug-likeness (QED) is 0.361. The van der Waals surface area contributed by atoms with Gasteiger partial charge in [-0.2, -0.15) is 12.6 Å². The Bertz CT molecular complexity index is 476. The van der Waals surface area contributed by atoms with Crippen LogP contribution >= 0.6 is 28.6 Å². The summed E-state index contributed by atoms with van der Waals surface area (Å²) in [5.74, 6) is 0.863. The number of aryl methyl sites for hydroxylation is 1. The van der Waals surface area contributed by atoms with Gasteiger partial charge in [0.25, 0.3) is 0 Å². The average Bonchev–Trinajstić information content (AvgIpc) is 2.32. The van der Waals surface area contributed by atoms with Crippen LogP contribution in [0.5, 0.6) is 0 Å². The number of nitro groups is 1. The van der Waals surface area contributed by atoms with Gasteiger partial charge in [0, 0.05) is 23.3 Å². The number of pyridine rings is 1. The first kappa shape index (κ1) is 15.2. The molecule has 0 unspecified atom stereocenters. The van der Waals surface area contributed by atoms with Crippen molar-refractivity contribution in [3.8, 4) is 0 Å². The molecule has 0 spiro atoms. The number of thiol groups is 1. The molecule has 0 amide bonds. The molecule has 1 heterocycles. The summed E-state index contributed by atoms with van der Waals surface area (Å²) >= 11 is 7.30. The lowest BCUT2D eigenvalue weighted by Gasteiger charge is -2.06. The Labute approximate surface area is 119 Å². The molecule has 0 fully saturated rings. The number of unbranched alkanes of at least 4 members (excludes halogenated alkanes) is 3. The molecule has 100 valence electrons. The summed E-state index contributed by atoms with van der Waals surface area (Å²) < 4.78 is 1.94. The van der Waals surface area contributed by atoms with Crippen LogP contribution in [0.1, 0.15) is 25.7 Å². The first-order chi connectivity index (χ1) is 8.56. The van der Waals surface area contributed by atoms with Gasteiger partial charge in [0.15, 0.2) is 0 Å². The van der Waals surface area contributed by atoms with Crippen molar-refractivity contribution in [2.75, 3.05) is 5.75 Å². The van der Waals surface area contributed by atoms with Gasteiger partial charge in [-0.1, -0.05) is 12.8 Å². The molecule has 0 saturated heterocycles. The average molecular weight is 335 g/mol. The molecule has 0 saturated carbocycles. The minimum atomic E-state index is -0.648. The van der Waals surface area contributed by atoms with Gasteiger partial charge in [-0.15, -0.1) is 0 Å². The zero-order valence-electron chi connectivity index (χ0n) is 9.84. The van der Waals surface area contributed by atoms with Gasteiger partial charge >= 0.3 is 11.2 Å². The van der Waals surface area contributed by atoms with Crippen molar-refractivity contribution in [1.29, 1.82) is 0 Å². The molecule has 1 rings (SSSR count). The fraction of sp³-hybridized carbons (Fsp3) is 0.545. The van der Waals surface area contributed by atoms with E-state index in [1.807, 2.05) is 0 Å². The van der Waals surface area contributed by atoms with Crippen LogP contribution in [0, 0.1) is 10.1 Å². The van der Waals surface area contributed by atoms with Crippen LogP contribution in [-0.2, 0) is 6.54 Å². The van der Waals surface area contributed by atoms with Crippen LogP contribution in [0.25, 0.3) is 0 Å². The van der Waals surface area contributed by atoms with Crippen LogP contribution in [0.4, 0.5) is 5.69 Å². The number of nitrogens with zero attached hydrogens (tertiary/aromatic N) is 2. The molecule has 0 atom stereocenters. The third-order valence-corrected chi connectivity index (χ3v) is 3.29. The lowest BCUT2D eigenvalue weighted by Crippen LogP contribution is -2.22. The standard InChI is InChI=1S/C11H15BrN2O3S/c12-9-7-10(14(16)17)11(15)13(8-9)5-3-1-2-4-6-18/h7-8,18H,1-6H2. The number of hydrogen-bond acceptors (Lipinski definition) is 4. The molecule has 0 bridgehead atoms. The van der Waals surface area contributed by atoms with Gasteiger partial charge < -0.3 is 4.57 Å². The van der Waals surface area contributed by atoms with Gasteiger partial charge in [0.05, 0.1) is 4.92 Å². The van der Waals surface area contributed by atoms with Crippen LogP contribution in [0.2, 0.25) is 0 Å². The second kappa shape index (κ2) is 7.58. The zero-order chi connectivity index (χ0) is 13.5. The maximum atomic E-state index is 11.8. The van der Waals surface area contributed by atoms with E-state index in [-0.39, 0.29) is 5.69 Å².